The maximum absolute atomic E-state index is 15.4. The van der Waals surface area contributed by atoms with Crippen LogP contribution in [0.15, 0.2) is 65.7 Å². The topological polar surface area (TPSA) is 210 Å². The molecule has 3 saturated carbocycles. The van der Waals surface area contributed by atoms with Crippen molar-refractivity contribution in [1.82, 2.24) is 5.32 Å². The smallest absolute Gasteiger partial charge is 0.408 e. The van der Waals surface area contributed by atoms with Gasteiger partial charge in [0.05, 0.1) is 24.1 Å². The van der Waals surface area contributed by atoms with Crippen molar-refractivity contribution in [3.8, 4) is 0 Å². The summed E-state index contributed by atoms with van der Waals surface area (Å²) in [4.78, 5) is 82.8. The number of aliphatic hydroxyl groups is 2. The number of halogens is 1. The summed E-state index contributed by atoms with van der Waals surface area (Å²) < 4.78 is 50.3. The summed E-state index contributed by atoms with van der Waals surface area (Å²) >= 11 is 0. The quantitative estimate of drug-likeness (QED) is 0.179. The van der Waals surface area contributed by atoms with Gasteiger partial charge in [-0.2, -0.15) is 0 Å². The van der Waals surface area contributed by atoms with Crippen LogP contribution in [0.2, 0.25) is 0 Å². The maximum Gasteiger partial charge on any atom is 0.408 e. The Bertz CT molecular complexity index is 2180. The number of esters is 4. The Kier molecular flexibility index (Phi) is 11.0. The molecule has 0 aromatic heterocycles. The van der Waals surface area contributed by atoms with Crippen LogP contribution in [0.4, 0.5) is 9.18 Å². The van der Waals surface area contributed by atoms with Gasteiger partial charge in [-0.1, -0.05) is 50.2 Å². The fraction of sp³-hybridized carbons (Fsp3) is 0.556. The van der Waals surface area contributed by atoms with Gasteiger partial charge in [-0.15, -0.1) is 0 Å². The number of carbonyl (C=O) groups is 6. The molecule has 16 heteroatoms. The summed E-state index contributed by atoms with van der Waals surface area (Å²) in [5.74, 6) is -6.97. The molecule has 1 amide bonds. The van der Waals surface area contributed by atoms with E-state index in [0.29, 0.717) is 5.56 Å². The number of alkyl carbamates (subject to hydrolysis) is 1. The monoisotopic (exact) mass is 849 g/mol. The second-order valence-electron chi connectivity index (χ2n) is 18.4. The number of carbonyl (C=O) groups excluding carboxylic acids is 6. The molecule has 0 unspecified atom stereocenters. The highest BCUT2D eigenvalue weighted by Gasteiger charge is 2.84. The SMILES string of the molecule is CC(=O)O[C@H]1C(=O)[C@]23C[C@H]2C[C@H]2OC[C@@]2(OC(C)=O)[C@H]3[C@H](OC(=O)c2cccc(F)c2)[C@]2(O)C[C@H](OC(=O)[C@H](O)[C@@H](NC(=O)OC(C)(C)C)c3ccccc3)C(C)=C1C2(C)C. The lowest BCUT2D eigenvalue weighted by Crippen LogP contribution is -2.78. The van der Waals surface area contributed by atoms with Crippen LogP contribution < -0.4 is 5.32 Å². The number of ether oxygens (including phenoxy) is 6. The minimum atomic E-state index is -2.34. The van der Waals surface area contributed by atoms with E-state index in [1.54, 1.807) is 71.9 Å². The summed E-state index contributed by atoms with van der Waals surface area (Å²) in [6, 6.07) is 11.4. The number of hydrogen-bond donors (Lipinski definition) is 3. The number of ketones is 1. The van der Waals surface area contributed by atoms with Crippen LogP contribution >= 0.6 is 0 Å². The second-order valence-corrected chi connectivity index (χ2v) is 18.4. The van der Waals surface area contributed by atoms with Gasteiger partial charge in [0.25, 0.3) is 0 Å². The molecule has 1 aliphatic heterocycles. The molecule has 0 radical (unpaired) electrons. The lowest BCUT2D eigenvalue weighted by Gasteiger charge is -2.64. The third-order valence-electron chi connectivity index (χ3n) is 13.2. The Morgan fingerprint density at radius 1 is 0.951 bits per heavy atom. The Hall–Kier alpha value is -5.19. The van der Waals surface area contributed by atoms with Gasteiger partial charge in [-0.05, 0) is 81.4 Å². The minimum Gasteiger partial charge on any atom is -0.456 e. The minimum absolute atomic E-state index is 0.0685. The molecule has 15 nitrogen and oxygen atoms in total. The third kappa shape index (κ3) is 7.39. The molecule has 4 fully saturated rings. The van der Waals surface area contributed by atoms with Crippen molar-refractivity contribution in [3.05, 3.63) is 82.7 Å². The lowest BCUT2D eigenvalue weighted by molar-refractivity contribution is -0.323. The third-order valence-corrected chi connectivity index (χ3v) is 13.2. The number of amides is 1. The second kappa shape index (κ2) is 15.3. The van der Waals surface area contributed by atoms with Crippen molar-refractivity contribution in [2.24, 2.45) is 22.7 Å². The van der Waals surface area contributed by atoms with Gasteiger partial charge >= 0.3 is 30.0 Å². The molecule has 61 heavy (non-hydrogen) atoms. The van der Waals surface area contributed by atoms with E-state index in [9.17, 15) is 38.6 Å². The van der Waals surface area contributed by atoms with Crippen LogP contribution in [0.25, 0.3) is 0 Å². The Labute approximate surface area is 352 Å². The number of hydrogen-bond acceptors (Lipinski definition) is 14. The standard InChI is InChI=1S/C45H52FNO14/c1-22-29(58-39(53)33(50)32(25-13-10-9-11-14-25)47-40(54)61-41(4,5)6)20-45(55)37(59-38(52)26-15-12-16-28(46)17-26)35-43(36(51)34(57-23(2)48)31(22)42(45,7)8)19-27(43)18-30-44(35,21-56-30)60-24(3)49/h9-17,27,29-30,32-35,37,50,55H,18-21H2,1-8H3,(H,47,54)/t27-,29+,30-,32+,33-,34-,35+,37+,43-,44+,45-/m1/s1. The number of benzene rings is 2. The maximum atomic E-state index is 15.4. The summed E-state index contributed by atoms with van der Waals surface area (Å²) in [6.45, 7) is 11.7. The number of fused-ring (bicyclic) bond motifs is 4. The van der Waals surface area contributed by atoms with Crippen molar-refractivity contribution >= 4 is 35.8 Å². The molecule has 1 saturated heterocycles. The van der Waals surface area contributed by atoms with Gasteiger partial charge < -0.3 is 44.0 Å². The van der Waals surface area contributed by atoms with Crippen molar-refractivity contribution in [1.29, 1.82) is 0 Å². The molecule has 328 valence electrons. The van der Waals surface area contributed by atoms with Gasteiger partial charge in [-0.25, -0.2) is 18.8 Å². The molecule has 1 spiro atoms. The molecule has 2 bridgehead atoms. The van der Waals surface area contributed by atoms with Gasteiger partial charge in [0, 0.05) is 31.1 Å². The first-order valence-electron chi connectivity index (χ1n) is 20.3. The van der Waals surface area contributed by atoms with Crippen LogP contribution in [-0.2, 0) is 47.6 Å². The Balaban J connectivity index is 1.38. The van der Waals surface area contributed by atoms with E-state index in [-0.39, 0.29) is 36.2 Å². The van der Waals surface area contributed by atoms with E-state index in [4.69, 9.17) is 28.4 Å². The van der Waals surface area contributed by atoms with Gasteiger partial charge in [0.2, 0.25) is 0 Å². The summed E-state index contributed by atoms with van der Waals surface area (Å²) in [7, 11) is 0. The van der Waals surface area contributed by atoms with Crippen molar-refractivity contribution in [2.75, 3.05) is 6.61 Å². The molecule has 2 aromatic rings. The van der Waals surface area contributed by atoms with E-state index >= 15 is 4.79 Å². The van der Waals surface area contributed by atoms with E-state index in [0.717, 1.165) is 19.1 Å². The van der Waals surface area contributed by atoms with Crippen molar-refractivity contribution in [3.63, 3.8) is 0 Å². The van der Waals surface area contributed by atoms with Gasteiger partial charge in [0.15, 0.2) is 23.6 Å². The molecule has 3 N–H and O–H groups in total. The van der Waals surface area contributed by atoms with Gasteiger partial charge in [0.1, 0.15) is 35.3 Å². The van der Waals surface area contributed by atoms with Gasteiger partial charge in [-0.3, -0.25) is 14.4 Å². The number of nitrogens with one attached hydrogen (secondary N) is 1. The lowest BCUT2D eigenvalue weighted by atomic mass is 9.48. The van der Waals surface area contributed by atoms with Crippen LogP contribution in [0, 0.1) is 28.5 Å². The molecule has 11 atom stereocenters. The fourth-order valence-electron chi connectivity index (χ4n) is 10.5. The van der Waals surface area contributed by atoms with E-state index < -0.39 is 124 Å². The molecular formula is C45H52FNO14. The Morgan fingerprint density at radius 2 is 1.64 bits per heavy atom. The number of rotatable bonds is 9. The number of Topliss-reactive ketones (excluding diaryl/α,β-unsaturated/α-hetero) is 1. The average Bonchev–Trinajstić information content (AvgIpc) is 3.89. The van der Waals surface area contributed by atoms with Crippen molar-refractivity contribution in [2.45, 2.75) is 128 Å². The van der Waals surface area contributed by atoms with E-state index in [1.807, 2.05) is 0 Å². The highest BCUT2D eigenvalue weighted by atomic mass is 19.1. The van der Waals surface area contributed by atoms with Crippen molar-refractivity contribution < 1.29 is 71.8 Å². The molecule has 2 aromatic carbocycles. The zero-order valence-corrected chi connectivity index (χ0v) is 35.3. The van der Waals surface area contributed by atoms with E-state index in [2.05, 4.69) is 5.32 Å². The first-order chi connectivity index (χ1) is 28.5. The zero-order valence-electron chi connectivity index (χ0n) is 35.3. The van der Waals surface area contributed by atoms with Crippen LogP contribution in [0.3, 0.4) is 0 Å². The first kappa shape index (κ1) is 43.9. The molecular weight excluding hydrogens is 797 g/mol. The van der Waals surface area contributed by atoms with Crippen LogP contribution in [0.5, 0.6) is 0 Å². The summed E-state index contributed by atoms with van der Waals surface area (Å²) in [6.07, 6.45) is -8.73. The van der Waals surface area contributed by atoms with Crippen LogP contribution in [-0.4, -0.2) is 99.9 Å². The predicted molar refractivity (Wildman–Crippen MR) is 210 cm³/mol. The molecule has 4 aliphatic carbocycles. The predicted octanol–water partition coefficient (Wildman–Crippen LogP) is 4.61. The fourth-order valence-corrected chi connectivity index (χ4v) is 10.5. The highest BCUT2D eigenvalue weighted by Crippen LogP contribution is 2.74. The van der Waals surface area contributed by atoms with E-state index in [1.165, 1.54) is 19.1 Å². The van der Waals surface area contributed by atoms with Crippen LogP contribution in [0.1, 0.15) is 96.6 Å². The number of aliphatic hydroxyl groups excluding tert-OH is 1. The molecule has 1 heterocycles. The highest BCUT2D eigenvalue weighted by molar-refractivity contribution is 5.97. The molecule has 7 rings (SSSR count). The summed E-state index contributed by atoms with van der Waals surface area (Å²) in [5.41, 5.74) is -7.64. The average molecular weight is 850 g/mol. The molecule has 5 aliphatic rings. The largest absolute Gasteiger partial charge is 0.456 e. The summed E-state index contributed by atoms with van der Waals surface area (Å²) in [5, 5.41) is 27.9. The first-order valence-corrected chi connectivity index (χ1v) is 20.3. The normalized spacial score (nSPS) is 33.0. The zero-order chi connectivity index (χ0) is 44.6. The Morgan fingerprint density at radius 3 is 2.23 bits per heavy atom.